The molecule has 1 saturated carbocycles. The van der Waals surface area contributed by atoms with Gasteiger partial charge in [-0.15, -0.1) is 0 Å². The Morgan fingerprint density at radius 1 is 1.15 bits per heavy atom. The minimum absolute atomic E-state index is 0.241. The van der Waals surface area contributed by atoms with E-state index in [1.807, 2.05) is 43.4 Å². The first-order chi connectivity index (χ1) is 12.6. The Kier molecular flexibility index (Phi) is 4.68. The Labute approximate surface area is 157 Å². The summed E-state index contributed by atoms with van der Waals surface area (Å²) in [7, 11) is 3.93. The predicted octanol–water partition coefficient (Wildman–Crippen LogP) is 4.25. The number of nitrogens with zero attached hydrogens (tertiary/aromatic N) is 5. The largest absolute Gasteiger partial charge is 0.489 e. The van der Waals surface area contributed by atoms with Crippen molar-refractivity contribution in [3.05, 3.63) is 35.6 Å². The first-order valence-electron chi connectivity index (χ1n) is 8.97. The van der Waals surface area contributed by atoms with Crippen molar-refractivity contribution < 1.29 is 4.74 Å². The zero-order valence-corrected chi connectivity index (χ0v) is 15.8. The van der Waals surface area contributed by atoms with Crippen molar-refractivity contribution in [2.45, 2.75) is 38.2 Å². The van der Waals surface area contributed by atoms with E-state index < -0.39 is 0 Å². The SMILES string of the molecule is CN(C)c1nc(-n2cccn2)nc2cc(Cl)c(OC3CCCCC3)cc12. The van der Waals surface area contributed by atoms with Crippen LogP contribution in [0.15, 0.2) is 30.6 Å². The van der Waals surface area contributed by atoms with Gasteiger partial charge in [0, 0.05) is 31.9 Å². The molecule has 0 atom stereocenters. The summed E-state index contributed by atoms with van der Waals surface area (Å²) in [6.45, 7) is 0. The lowest BCUT2D eigenvalue weighted by Crippen LogP contribution is -2.20. The second-order valence-corrected chi connectivity index (χ2v) is 7.28. The number of benzene rings is 1. The Morgan fingerprint density at radius 2 is 1.96 bits per heavy atom. The normalized spacial score (nSPS) is 15.3. The Hall–Kier alpha value is -2.34. The zero-order valence-electron chi connectivity index (χ0n) is 15.0. The van der Waals surface area contributed by atoms with Gasteiger partial charge in [0.05, 0.1) is 16.6 Å². The van der Waals surface area contributed by atoms with Crippen LogP contribution in [0.25, 0.3) is 16.9 Å². The van der Waals surface area contributed by atoms with E-state index in [0.29, 0.717) is 16.7 Å². The summed E-state index contributed by atoms with van der Waals surface area (Å²) >= 11 is 6.51. The van der Waals surface area contributed by atoms with E-state index in [1.54, 1.807) is 10.9 Å². The molecule has 0 N–H and O–H groups in total. The van der Waals surface area contributed by atoms with Gasteiger partial charge in [-0.05, 0) is 43.9 Å². The maximum absolute atomic E-state index is 6.51. The van der Waals surface area contributed by atoms with Crippen LogP contribution in [-0.4, -0.2) is 39.9 Å². The van der Waals surface area contributed by atoms with Gasteiger partial charge in [-0.2, -0.15) is 10.1 Å². The fourth-order valence-corrected chi connectivity index (χ4v) is 3.59. The van der Waals surface area contributed by atoms with Gasteiger partial charge in [-0.3, -0.25) is 0 Å². The van der Waals surface area contributed by atoms with Crippen LogP contribution in [0.3, 0.4) is 0 Å². The van der Waals surface area contributed by atoms with E-state index in [9.17, 15) is 0 Å². The van der Waals surface area contributed by atoms with E-state index in [-0.39, 0.29) is 6.10 Å². The van der Waals surface area contributed by atoms with Gasteiger partial charge in [-0.1, -0.05) is 18.0 Å². The molecule has 4 rings (SSSR count). The van der Waals surface area contributed by atoms with Crippen LogP contribution in [0, 0.1) is 0 Å². The number of anilines is 1. The Bertz CT molecular complexity index is 904. The van der Waals surface area contributed by atoms with Gasteiger partial charge in [0.2, 0.25) is 0 Å². The van der Waals surface area contributed by atoms with Crippen molar-refractivity contribution in [2.75, 3.05) is 19.0 Å². The van der Waals surface area contributed by atoms with Crippen LogP contribution in [-0.2, 0) is 0 Å². The van der Waals surface area contributed by atoms with Crippen LogP contribution in [0.5, 0.6) is 5.75 Å². The van der Waals surface area contributed by atoms with E-state index in [0.717, 1.165) is 29.6 Å². The molecule has 3 aromatic rings. The second-order valence-electron chi connectivity index (χ2n) is 6.87. The van der Waals surface area contributed by atoms with Crippen molar-refractivity contribution in [1.29, 1.82) is 0 Å². The fraction of sp³-hybridized carbons (Fsp3) is 0.421. The molecule has 6 nitrogen and oxygen atoms in total. The predicted molar refractivity (Wildman–Crippen MR) is 103 cm³/mol. The lowest BCUT2D eigenvalue weighted by atomic mass is 9.98. The molecule has 1 aromatic carbocycles. The summed E-state index contributed by atoms with van der Waals surface area (Å²) in [6, 6.07) is 5.67. The Balaban J connectivity index is 1.78. The monoisotopic (exact) mass is 371 g/mol. The molecular weight excluding hydrogens is 350 g/mol. The van der Waals surface area contributed by atoms with Crippen molar-refractivity contribution in [3.63, 3.8) is 0 Å². The number of halogens is 1. The third-order valence-electron chi connectivity index (χ3n) is 4.70. The van der Waals surface area contributed by atoms with Gasteiger partial charge in [0.15, 0.2) is 0 Å². The van der Waals surface area contributed by atoms with E-state index in [4.69, 9.17) is 16.3 Å². The summed E-state index contributed by atoms with van der Waals surface area (Å²) in [5, 5.41) is 5.73. The van der Waals surface area contributed by atoms with Gasteiger partial charge in [0.25, 0.3) is 5.95 Å². The molecule has 0 saturated heterocycles. The highest BCUT2D eigenvalue weighted by molar-refractivity contribution is 6.32. The van der Waals surface area contributed by atoms with Crippen molar-refractivity contribution in [3.8, 4) is 11.7 Å². The van der Waals surface area contributed by atoms with Crippen LogP contribution in [0.4, 0.5) is 5.82 Å². The quantitative estimate of drug-likeness (QED) is 0.686. The lowest BCUT2D eigenvalue weighted by molar-refractivity contribution is 0.155. The number of ether oxygens (including phenoxy) is 1. The smallest absolute Gasteiger partial charge is 0.253 e. The average Bonchev–Trinajstić information content (AvgIpc) is 3.17. The molecule has 7 heteroatoms. The molecular formula is C19H22ClN5O. The first kappa shape index (κ1) is 17.1. The van der Waals surface area contributed by atoms with Crippen molar-refractivity contribution in [2.24, 2.45) is 0 Å². The van der Waals surface area contributed by atoms with Gasteiger partial charge in [0.1, 0.15) is 11.6 Å². The second kappa shape index (κ2) is 7.11. The fourth-order valence-electron chi connectivity index (χ4n) is 3.39. The number of rotatable bonds is 4. The molecule has 1 aliphatic carbocycles. The summed E-state index contributed by atoms with van der Waals surface area (Å²) < 4.78 is 7.85. The maximum Gasteiger partial charge on any atom is 0.253 e. The molecule has 1 fully saturated rings. The van der Waals surface area contributed by atoms with Gasteiger partial charge < -0.3 is 9.64 Å². The highest BCUT2D eigenvalue weighted by atomic mass is 35.5. The van der Waals surface area contributed by atoms with E-state index in [2.05, 4.69) is 15.1 Å². The third-order valence-corrected chi connectivity index (χ3v) is 4.99. The maximum atomic E-state index is 6.51. The first-order valence-corrected chi connectivity index (χ1v) is 9.35. The molecule has 2 heterocycles. The van der Waals surface area contributed by atoms with Crippen LogP contribution in [0.2, 0.25) is 5.02 Å². The zero-order chi connectivity index (χ0) is 18.1. The van der Waals surface area contributed by atoms with Crippen LogP contribution in [0.1, 0.15) is 32.1 Å². The number of hydrogen-bond acceptors (Lipinski definition) is 5. The van der Waals surface area contributed by atoms with Crippen LogP contribution < -0.4 is 9.64 Å². The minimum Gasteiger partial charge on any atom is -0.489 e. The van der Waals surface area contributed by atoms with E-state index in [1.165, 1.54) is 19.3 Å². The molecule has 0 spiro atoms. The molecule has 0 aliphatic heterocycles. The highest BCUT2D eigenvalue weighted by Gasteiger charge is 2.19. The number of hydrogen-bond donors (Lipinski definition) is 0. The topological polar surface area (TPSA) is 56.1 Å². The highest BCUT2D eigenvalue weighted by Crippen LogP contribution is 2.35. The number of aromatic nitrogens is 4. The molecule has 1 aliphatic rings. The van der Waals surface area contributed by atoms with Crippen molar-refractivity contribution >= 4 is 28.3 Å². The molecule has 26 heavy (non-hydrogen) atoms. The van der Waals surface area contributed by atoms with Crippen molar-refractivity contribution in [1.82, 2.24) is 19.7 Å². The van der Waals surface area contributed by atoms with Crippen LogP contribution >= 0.6 is 11.6 Å². The molecule has 0 amide bonds. The molecule has 0 radical (unpaired) electrons. The number of fused-ring (bicyclic) bond motifs is 1. The summed E-state index contributed by atoms with van der Waals surface area (Å²) in [5.74, 6) is 2.04. The third kappa shape index (κ3) is 3.33. The molecule has 0 bridgehead atoms. The minimum atomic E-state index is 0.241. The van der Waals surface area contributed by atoms with Gasteiger partial charge >= 0.3 is 0 Å². The molecule has 2 aromatic heterocycles. The summed E-state index contributed by atoms with van der Waals surface area (Å²) in [6.07, 6.45) is 9.67. The van der Waals surface area contributed by atoms with Gasteiger partial charge in [-0.25, -0.2) is 9.67 Å². The standard InChI is InChI=1S/C19H22ClN5O/c1-24(2)18-14-11-17(26-13-7-4-3-5-8-13)15(20)12-16(14)22-19(23-18)25-10-6-9-21-25/h6,9-13H,3-5,7-8H2,1-2H3. The Morgan fingerprint density at radius 3 is 2.65 bits per heavy atom. The molecule has 136 valence electrons. The summed E-state index contributed by atoms with van der Waals surface area (Å²) in [5.41, 5.74) is 0.773. The summed E-state index contributed by atoms with van der Waals surface area (Å²) in [4.78, 5) is 11.3. The molecule has 0 unspecified atom stereocenters. The lowest BCUT2D eigenvalue weighted by Gasteiger charge is -2.24. The van der Waals surface area contributed by atoms with E-state index >= 15 is 0 Å². The average molecular weight is 372 g/mol.